The third kappa shape index (κ3) is 6.87. The van der Waals surface area contributed by atoms with Crippen LogP contribution in [0.25, 0.3) is 0 Å². The van der Waals surface area contributed by atoms with Gasteiger partial charge < -0.3 is 15.8 Å². The maximum Gasteiger partial charge on any atom is 0.413 e. The fourth-order valence-electron chi connectivity index (χ4n) is 4.06. The Kier molecular flexibility index (Phi) is 8.34. The minimum absolute atomic E-state index is 0.198. The molecular formula is C27H36FN5O3S. The molecule has 37 heavy (non-hydrogen) atoms. The molecule has 1 aromatic carbocycles. The van der Waals surface area contributed by atoms with Gasteiger partial charge in [0.1, 0.15) is 22.9 Å². The van der Waals surface area contributed by atoms with E-state index in [2.05, 4.69) is 15.6 Å². The Hall–Kier alpha value is -2.98. The van der Waals surface area contributed by atoms with Gasteiger partial charge >= 0.3 is 6.09 Å². The van der Waals surface area contributed by atoms with Crippen molar-refractivity contribution in [2.45, 2.75) is 76.0 Å². The van der Waals surface area contributed by atoms with Crippen LogP contribution in [0.2, 0.25) is 0 Å². The van der Waals surface area contributed by atoms with E-state index in [0.29, 0.717) is 24.5 Å². The van der Waals surface area contributed by atoms with Crippen molar-refractivity contribution in [1.29, 1.82) is 0 Å². The van der Waals surface area contributed by atoms with E-state index in [1.54, 1.807) is 56.9 Å². The molecule has 1 aliphatic heterocycles. The van der Waals surface area contributed by atoms with Gasteiger partial charge in [0.25, 0.3) is 5.91 Å². The molecule has 2 aromatic rings. The Labute approximate surface area is 222 Å². The lowest BCUT2D eigenvalue weighted by Gasteiger charge is -2.45. The van der Waals surface area contributed by atoms with Gasteiger partial charge in [-0.1, -0.05) is 6.07 Å². The molecule has 0 fully saturated rings. The summed E-state index contributed by atoms with van der Waals surface area (Å²) in [4.78, 5) is 34.4. The first-order chi connectivity index (χ1) is 17.1. The molecule has 0 radical (unpaired) electrons. The van der Waals surface area contributed by atoms with E-state index in [4.69, 9.17) is 15.5 Å². The van der Waals surface area contributed by atoms with Crippen molar-refractivity contribution in [2.75, 3.05) is 11.9 Å². The molecule has 2 heterocycles. The molecule has 3 rings (SSSR count). The van der Waals surface area contributed by atoms with E-state index in [9.17, 15) is 9.59 Å². The molecule has 0 spiro atoms. The fraction of sp³-hybridized carbons (Fsp3) is 0.481. The number of hydrogen-bond donors (Lipinski definition) is 3. The standard InChI is InChI=1S/C27H36FN5O3S/c1-16-8-11-20(30-15-16)22(34)31-17-9-10-19(28)18(14-17)27(7)21(12-13-29)37-26(5,6)23(33-27)32-24(35)36-25(2,3)4/h8-11,14-15,21H,12-13,29H2,1-7H3,(H,31,34)(H,32,33,35)/t21-,27+/m0/s1. The molecule has 0 unspecified atom stereocenters. The van der Waals surface area contributed by atoms with Gasteiger partial charge in [-0.15, -0.1) is 11.8 Å². The second-order valence-corrected chi connectivity index (χ2v) is 12.6. The number of aliphatic imine (C=N–C) groups is 1. The smallest absolute Gasteiger partial charge is 0.413 e. The summed E-state index contributed by atoms with van der Waals surface area (Å²) in [6.45, 7) is 13.3. The number of carbonyl (C=O) groups is 2. The van der Waals surface area contributed by atoms with Crippen LogP contribution in [0.4, 0.5) is 14.9 Å². The summed E-state index contributed by atoms with van der Waals surface area (Å²) in [5, 5.41) is 5.38. The second-order valence-electron chi connectivity index (χ2n) is 10.8. The van der Waals surface area contributed by atoms with Crippen LogP contribution < -0.4 is 16.4 Å². The summed E-state index contributed by atoms with van der Waals surface area (Å²) in [5.41, 5.74) is 6.03. The van der Waals surface area contributed by atoms with Gasteiger partial charge in [-0.2, -0.15) is 0 Å². The highest BCUT2D eigenvalue weighted by Gasteiger charge is 2.48. The molecule has 4 N–H and O–H groups in total. The molecule has 8 nitrogen and oxygen atoms in total. The van der Waals surface area contributed by atoms with Gasteiger partial charge in [0.15, 0.2) is 0 Å². The van der Waals surface area contributed by atoms with Crippen molar-refractivity contribution in [3.63, 3.8) is 0 Å². The second kappa shape index (κ2) is 10.8. The zero-order chi connectivity index (χ0) is 27.6. The Bertz CT molecular complexity index is 1190. The monoisotopic (exact) mass is 529 g/mol. The highest BCUT2D eigenvalue weighted by molar-refractivity contribution is 8.02. The van der Waals surface area contributed by atoms with E-state index in [0.717, 1.165) is 5.56 Å². The fourth-order valence-corrected chi connectivity index (χ4v) is 5.64. The van der Waals surface area contributed by atoms with E-state index in [1.807, 2.05) is 27.7 Å². The summed E-state index contributed by atoms with van der Waals surface area (Å²) in [5.74, 6) is -0.506. The summed E-state index contributed by atoms with van der Waals surface area (Å²) in [6.07, 6.45) is 1.54. The van der Waals surface area contributed by atoms with Gasteiger partial charge in [-0.25, -0.2) is 9.18 Å². The Morgan fingerprint density at radius 3 is 2.46 bits per heavy atom. The zero-order valence-corrected chi connectivity index (χ0v) is 23.3. The summed E-state index contributed by atoms with van der Waals surface area (Å²) in [6, 6.07) is 7.81. The first-order valence-corrected chi connectivity index (χ1v) is 13.0. The quantitative estimate of drug-likeness (QED) is 0.492. The number of amides is 2. The topological polar surface area (TPSA) is 119 Å². The minimum Gasteiger partial charge on any atom is -0.444 e. The lowest BCUT2D eigenvalue weighted by molar-refractivity contribution is 0.0560. The molecule has 0 aliphatic carbocycles. The molecule has 0 bridgehead atoms. The van der Waals surface area contributed by atoms with Crippen molar-refractivity contribution in [3.8, 4) is 0 Å². The summed E-state index contributed by atoms with van der Waals surface area (Å²) >= 11 is 1.56. The number of halogens is 1. The van der Waals surface area contributed by atoms with E-state index in [-0.39, 0.29) is 16.5 Å². The predicted octanol–water partition coefficient (Wildman–Crippen LogP) is 5.16. The number of aromatic nitrogens is 1. The van der Waals surface area contributed by atoms with Crippen LogP contribution in [-0.2, 0) is 10.3 Å². The van der Waals surface area contributed by atoms with Crippen LogP contribution in [0.15, 0.2) is 41.5 Å². The van der Waals surface area contributed by atoms with Gasteiger partial charge in [0, 0.05) is 22.7 Å². The van der Waals surface area contributed by atoms with Gasteiger partial charge in [-0.3, -0.25) is 20.1 Å². The molecule has 1 aliphatic rings. The normalized spacial score (nSPS) is 21.1. The Morgan fingerprint density at radius 2 is 1.86 bits per heavy atom. The minimum atomic E-state index is -1.09. The summed E-state index contributed by atoms with van der Waals surface area (Å²) in [7, 11) is 0. The number of pyridine rings is 1. The molecule has 1 aromatic heterocycles. The van der Waals surface area contributed by atoms with Gasteiger partial charge in [0.05, 0.1) is 10.3 Å². The van der Waals surface area contributed by atoms with Crippen molar-refractivity contribution < 1.29 is 18.7 Å². The number of benzene rings is 1. The number of aryl methyl sites for hydroxylation is 1. The molecule has 0 saturated heterocycles. The van der Waals surface area contributed by atoms with Gasteiger partial charge in [-0.05, 0) is 91.3 Å². The first-order valence-electron chi connectivity index (χ1n) is 12.2. The van der Waals surface area contributed by atoms with Crippen molar-refractivity contribution >= 4 is 35.3 Å². The molecule has 200 valence electrons. The number of thioether (sulfide) groups is 1. The van der Waals surface area contributed by atoms with E-state index < -0.39 is 33.7 Å². The maximum atomic E-state index is 15.4. The number of nitrogens with one attached hydrogen (secondary N) is 2. The van der Waals surface area contributed by atoms with Crippen LogP contribution >= 0.6 is 11.8 Å². The first kappa shape index (κ1) is 28.6. The number of ether oxygens (including phenoxy) is 1. The third-order valence-electron chi connectivity index (χ3n) is 5.94. The number of nitrogens with two attached hydrogens (primary N) is 1. The van der Waals surface area contributed by atoms with Crippen LogP contribution in [-0.4, -0.2) is 45.0 Å². The number of rotatable bonds is 5. The lowest BCUT2D eigenvalue weighted by atomic mass is 9.85. The van der Waals surface area contributed by atoms with Crippen molar-refractivity contribution in [1.82, 2.24) is 10.3 Å². The number of amidine groups is 1. The van der Waals surface area contributed by atoms with Crippen LogP contribution in [0.5, 0.6) is 0 Å². The highest BCUT2D eigenvalue weighted by Crippen LogP contribution is 2.49. The maximum absolute atomic E-state index is 15.4. The number of hydrogen-bond acceptors (Lipinski definition) is 7. The van der Waals surface area contributed by atoms with Crippen molar-refractivity contribution in [2.24, 2.45) is 10.7 Å². The van der Waals surface area contributed by atoms with E-state index in [1.165, 1.54) is 12.1 Å². The Balaban J connectivity index is 2.01. The molecule has 0 saturated carbocycles. The average Bonchev–Trinajstić information content (AvgIpc) is 2.77. The van der Waals surface area contributed by atoms with Gasteiger partial charge in [0.2, 0.25) is 0 Å². The van der Waals surface area contributed by atoms with Crippen LogP contribution in [0, 0.1) is 12.7 Å². The summed E-state index contributed by atoms with van der Waals surface area (Å²) < 4.78 is 20.2. The lowest BCUT2D eigenvalue weighted by Crippen LogP contribution is -2.53. The highest BCUT2D eigenvalue weighted by atomic mass is 32.2. The average molecular weight is 530 g/mol. The zero-order valence-electron chi connectivity index (χ0n) is 22.4. The molecule has 2 amide bonds. The van der Waals surface area contributed by atoms with Crippen LogP contribution in [0.1, 0.15) is 69.6 Å². The number of nitrogens with zero attached hydrogens (tertiary/aromatic N) is 2. The predicted molar refractivity (Wildman–Crippen MR) is 147 cm³/mol. The Morgan fingerprint density at radius 1 is 1.16 bits per heavy atom. The molecule has 10 heteroatoms. The molecular weight excluding hydrogens is 493 g/mol. The largest absolute Gasteiger partial charge is 0.444 e. The van der Waals surface area contributed by atoms with E-state index >= 15 is 4.39 Å². The number of anilines is 1. The SMILES string of the molecule is Cc1ccc(C(=O)Nc2ccc(F)c([C@@]3(C)N=C(NC(=O)OC(C)(C)C)C(C)(C)S[C@H]3CCN)c2)nc1. The van der Waals surface area contributed by atoms with Crippen LogP contribution in [0.3, 0.4) is 0 Å². The molecule has 2 atom stereocenters. The third-order valence-corrected chi connectivity index (χ3v) is 7.70. The number of alkyl carbamates (subject to hydrolysis) is 1. The van der Waals surface area contributed by atoms with Crippen molar-refractivity contribution in [3.05, 3.63) is 59.2 Å². The number of carbonyl (C=O) groups excluding carboxylic acids is 2.